The summed E-state index contributed by atoms with van der Waals surface area (Å²) >= 11 is 0. The largest absolute Gasteiger partial charge is 0.441 e. The van der Waals surface area contributed by atoms with Crippen molar-refractivity contribution < 1.29 is 14.0 Å². The number of oxazole rings is 1. The number of likely N-dealkylation sites (tertiary alicyclic amines) is 1. The average Bonchev–Trinajstić information content (AvgIpc) is 3.28. The lowest BCUT2D eigenvalue weighted by atomic mass is 10.1. The fourth-order valence-corrected chi connectivity index (χ4v) is 4.12. The van der Waals surface area contributed by atoms with Gasteiger partial charge in [0.05, 0.1) is 12.7 Å². The molecule has 7 nitrogen and oxygen atoms in total. The van der Waals surface area contributed by atoms with Crippen LogP contribution < -0.4 is 0 Å². The molecule has 0 aliphatic carbocycles. The van der Waals surface area contributed by atoms with Gasteiger partial charge in [-0.3, -0.25) is 14.5 Å². The second-order valence-corrected chi connectivity index (χ2v) is 8.08. The minimum Gasteiger partial charge on any atom is -0.441 e. The van der Waals surface area contributed by atoms with Crippen molar-refractivity contribution in [2.24, 2.45) is 0 Å². The number of hydrogen-bond donors (Lipinski definition) is 0. The lowest BCUT2D eigenvalue weighted by Gasteiger charge is -2.36. The monoisotopic (exact) mass is 410 g/mol. The second kappa shape index (κ2) is 9.89. The molecule has 160 valence electrons. The Morgan fingerprint density at radius 1 is 0.867 bits per heavy atom. The summed E-state index contributed by atoms with van der Waals surface area (Å²) in [7, 11) is 0. The van der Waals surface area contributed by atoms with E-state index in [9.17, 15) is 9.59 Å². The highest BCUT2D eigenvalue weighted by Gasteiger charge is 2.25. The SMILES string of the molecule is O=C(CCc1ncc(-c2ccccc2)o1)N1CCN(CC(=O)N2CCCCC2)CC1. The normalized spacial score (nSPS) is 17.9. The molecule has 4 rings (SSSR count). The van der Waals surface area contributed by atoms with Crippen molar-refractivity contribution in [3.8, 4) is 11.3 Å². The Bertz CT molecular complexity index is 837. The number of hydrogen-bond acceptors (Lipinski definition) is 5. The zero-order valence-electron chi connectivity index (χ0n) is 17.5. The number of aromatic nitrogens is 1. The highest BCUT2D eigenvalue weighted by Crippen LogP contribution is 2.20. The number of nitrogens with zero attached hydrogens (tertiary/aromatic N) is 4. The smallest absolute Gasteiger partial charge is 0.236 e. The Kier molecular flexibility index (Phi) is 6.79. The maximum atomic E-state index is 12.6. The minimum atomic E-state index is 0.122. The molecule has 0 unspecified atom stereocenters. The topological polar surface area (TPSA) is 69.9 Å². The molecular weight excluding hydrogens is 380 g/mol. The molecule has 7 heteroatoms. The Balaban J connectivity index is 1.19. The van der Waals surface area contributed by atoms with Crippen molar-refractivity contribution in [3.05, 3.63) is 42.4 Å². The quantitative estimate of drug-likeness (QED) is 0.732. The van der Waals surface area contributed by atoms with Gasteiger partial charge < -0.3 is 14.2 Å². The zero-order chi connectivity index (χ0) is 20.8. The first-order valence-electron chi connectivity index (χ1n) is 11.0. The number of piperazine rings is 1. The van der Waals surface area contributed by atoms with Gasteiger partial charge >= 0.3 is 0 Å². The molecule has 0 radical (unpaired) electrons. The van der Waals surface area contributed by atoms with Gasteiger partial charge in [-0.15, -0.1) is 0 Å². The third-order valence-corrected chi connectivity index (χ3v) is 5.96. The molecular formula is C23H30N4O3. The predicted octanol–water partition coefficient (Wildman–Crippen LogP) is 2.43. The molecule has 0 N–H and O–H groups in total. The van der Waals surface area contributed by atoms with Crippen molar-refractivity contribution >= 4 is 11.8 Å². The summed E-state index contributed by atoms with van der Waals surface area (Å²) in [6.45, 7) is 5.11. The van der Waals surface area contributed by atoms with Gasteiger partial charge in [-0.1, -0.05) is 30.3 Å². The summed E-state index contributed by atoms with van der Waals surface area (Å²) in [5, 5.41) is 0. The highest BCUT2D eigenvalue weighted by atomic mass is 16.4. The summed E-state index contributed by atoms with van der Waals surface area (Å²) in [4.78, 5) is 35.4. The molecule has 2 aromatic rings. The van der Waals surface area contributed by atoms with Gasteiger partial charge in [-0.25, -0.2) is 4.98 Å². The number of amides is 2. The number of piperidine rings is 1. The molecule has 1 aromatic carbocycles. The third kappa shape index (κ3) is 5.27. The summed E-state index contributed by atoms with van der Waals surface area (Å²) in [5.74, 6) is 1.67. The van der Waals surface area contributed by atoms with Gasteiger partial charge in [0.2, 0.25) is 11.8 Å². The van der Waals surface area contributed by atoms with E-state index in [1.165, 1.54) is 6.42 Å². The summed E-state index contributed by atoms with van der Waals surface area (Å²) in [5.41, 5.74) is 0.984. The van der Waals surface area contributed by atoms with Crippen LogP contribution in [0.5, 0.6) is 0 Å². The zero-order valence-corrected chi connectivity index (χ0v) is 17.5. The number of aryl methyl sites for hydroxylation is 1. The van der Waals surface area contributed by atoms with Crippen molar-refractivity contribution in [2.45, 2.75) is 32.1 Å². The van der Waals surface area contributed by atoms with Gasteiger partial charge in [-0.2, -0.15) is 0 Å². The van der Waals surface area contributed by atoms with Gasteiger partial charge in [0, 0.05) is 57.7 Å². The number of rotatable bonds is 6. The Labute approximate surface area is 177 Å². The predicted molar refractivity (Wildman–Crippen MR) is 114 cm³/mol. The van der Waals surface area contributed by atoms with E-state index < -0.39 is 0 Å². The first-order valence-corrected chi connectivity index (χ1v) is 11.0. The van der Waals surface area contributed by atoms with Gasteiger partial charge in [-0.05, 0) is 19.3 Å². The lowest BCUT2D eigenvalue weighted by Crippen LogP contribution is -2.52. The van der Waals surface area contributed by atoms with Crippen LogP contribution in [-0.4, -0.2) is 77.3 Å². The maximum Gasteiger partial charge on any atom is 0.236 e. The van der Waals surface area contributed by atoms with Crippen LogP contribution in [0.25, 0.3) is 11.3 Å². The fourth-order valence-electron chi connectivity index (χ4n) is 4.12. The van der Waals surface area contributed by atoms with Crippen LogP contribution in [0.15, 0.2) is 40.9 Å². The minimum absolute atomic E-state index is 0.122. The molecule has 0 atom stereocenters. The van der Waals surface area contributed by atoms with E-state index in [4.69, 9.17) is 4.42 Å². The standard InChI is InChI=1S/C23H30N4O3/c28-22(10-9-21-24-17-20(30-21)19-7-3-1-4-8-19)27-15-13-25(14-16-27)18-23(29)26-11-5-2-6-12-26/h1,3-4,7-8,17H,2,5-6,9-16,18H2. The first-order chi connectivity index (χ1) is 14.7. The number of carbonyl (C=O) groups is 2. The van der Waals surface area contributed by atoms with Crippen molar-refractivity contribution in [2.75, 3.05) is 45.8 Å². The van der Waals surface area contributed by atoms with Gasteiger partial charge in [0.25, 0.3) is 0 Å². The van der Waals surface area contributed by atoms with E-state index >= 15 is 0 Å². The first kappa shape index (κ1) is 20.6. The average molecular weight is 411 g/mol. The summed E-state index contributed by atoms with van der Waals surface area (Å²) < 4.78 is 5.79. The third-order valence-electron chi connectivity index (χ3n) is 5.96. The van der Waals surface area contributed by atoms with Crippen LogP contribution in [-0.2, 0) is 16.0 Å². The van der Waals surface area contributed by atoms with Crippen LogP contribution in [0.2, 0.25) is 0 Å². The highest BCUT2D eigenvalue weighted by molar-refractivity contribution is 5.78. The van der Waals surface area contributed by atoms with E-state index in [1.807, 2.05) is 40.1 Å². The number of carbonyl (C=O) groups excluding carboxylic acids is 2. The van der Waals surface area contributed by atoms with Crippen molar-refractivity contribution in [1.82, 2.24) is 19.7 Å². The molecule has 3 heterocycles. The summed E-state index contributed by atoms with van der Waals surface area (Å²) in [6, 6.07) is 9.83. The Morgan fingerprint density at radius 2 is 1.57 bits per heavy atom. The molecule has 2 aliphatic heterocycles. The Hall–Kier alpha value is -2.67. The van der Waals surface area contributed by atoms with E-state index in [1.54, 1.807) is 6.20 Å². The maximum absolute atomic E-state index is 12.6. The molecule has 0 spiro atoms. The van der Waals surface area contributed by atoms with Crippen LogP contribution in [0.1, 0.15) is 31.6 Å². The van der Waals surface area contributed by atoms with Crippen LogP contribution in [0.3, 0.4) is 0 Å². The van der Waals surface area contributed by atoms with Crippen LogP contribution >= 0.6 is 0 Å². The molecule has 2 aliphatic rings. The van der Waals surface area contributed by atoms with Gasteiger partial charge in [0.15, 0.2) is 11.7 Å². The molecule has 1 aromatic heterocycles. The molecule has 2 saturated heterocycles. The van der Waals surface area contributed by atoms with E-state index in [2.05, 4.69) is 9.88 Å². The second-order valence-electron chi connectivity index (χ2n) is 8.08. The molecule has 30 heavy (non-hydrogen) atoms. The Morgan fingerprint density at radius 3 is 2.30 bits per heavy atom. The van der Waals surface area contributed by atoms with Crippen molar-refractivity contribution in [1.29, 1.82) is 0 Å². The van der Waals surface area contributed by atoms with Gasteiger partial charge in [0.1, 0.15) is 0 Å². The molecule has 0 bridgehead atoms. The molecule has 0 saturated carbocycles. The van der Waals surface area contributed by atoms with Crippen molar-refractivity contribution in [3.63, 3.8) is 0 Å². The fraction of sp³-hybridized carbons (Fsp3) is 0.522. The summed E-state index contributed by atoms with van der Waals surface area (Å²) in [6.07, 6.45) is 6.07. The van der Waals surface area contributed by atoms with E-state index in [0.717, 1.165) is 50.3 Å². The lowest BCUT2D eigenvalue weighted by molar-refractivity contribution is -0.135. The molecule has 2 amide bonds. The van der Waals surface area contributed by atoms with Crippen LogP contribution in [0.4, 0.5) is 0 Å². The van der Waals surface area contributed by atoms with E-state index in [0.29, 0.717) is 38.4 Å². The number of benzene rings is 1. The molecule has 2 fully saturated rings. The van der Waals surface area contributed by atoms with E-state index in [-0.39, 0.29) is 11.8 Å². The van der Waals surface area contributed by atoms with Crippen LogP contribution in [0, 0.1) is 0 Å².